The highest BCUT2D eigenvalue weighted by molar-refractivity contribution is 5.95. The number of amides is 2. The van der Waals surface area contributed by atoms with E-state index >= 15 is 0 Å². The third kappa shape index (κ3) is 2.22. The van der Waals surface area contributed by atoms with Crippen molar-refractivity contribution < 1.29 is 9.59 Å². The molecule has 2 amide bonds. The lowest BCUT2D eigenvalue weighted by Gasteiger charge is -1.96. The molecule has 0 atom stereocenters. The lowest BCUT2D eigenvalue weighted by molar-refractivity contribution is -0.118. The van der Waals surface area contributed by atoms with E-state index in [0.29, 0.717) is 0 Å². The van der Waals surface area contributed by atoms with Crippen molar-refractivity contribution >= 4 is 17.5 Å². The number of nitrogens with zero attached hydrogens (tertiary/aromatic N) is 2. The Morgan fingerprint density at radius 1 is 1.43 bits per heavy atom. The Balaban J connectivity index is 2.76. The monoisotopic (exact) mass is 197 g/mol. The second-order valence-corrected chi connectivity index (χ2v) is 2.78. The summed E-state index contributed by atoms with van der Waals surface area (Å²) in [5, 5.41) is 3.79. The van der Waals surface area contributed by atoms with Gasteiger partial charge in [-0.3, -0.25) is 14.3 Å². The molecule has 1 rings (SSSR count). The van der Waals surface area contributed by atoms with Crippen molar-refractivity contribution in [1.82, 2.24) is 9.78 Å². The second kappa shape index (κ2) is 3.77. The fourth-order valence-corrected chi connectivity index (χ4v) is 0.968. The highest BCUT2D eigenvalue weighted by Gasteiger charge is 2.11. The summed E-state index contributed by atoms with van der Waals surface area (Å²) >= 11 is 0. The average molecular weight is 197 g/mol. The Kier molecular flexibility index (Phi) is 2.70. The largest absolute Gasteiger partial charge is 0.396 e. The van der Waals surface area contributed by atoms with E-state index in [1.54, 1.807) is 0 Å². The quantitative estimate of drug-likeness (QED) is 0.538. The van der Waals surface area contributed by atoms with Crippen molar-refractivity contribution in [1.29, 1.82) is 0 Å². The smallest absolute Gasteiger partial charge is 0.271 e. The predicted octanol–water partition coefficient (Wildman–Crippen LogP) is -1.56. The number of rotatable bonds is 4. The van der Waals surface area contributed by atoms with E-state index in [1.807, 2.05) is 0 Å². The van der Waals surface area contributed by atoms with E-state index in [-0.39, 0.29) is 24.3 Å². The zero-order valence-corrected chi connectivity index (χ0v) is 7.43. The molecule has 0 radical (unpaired) electrons. The van der Waals surface area contributed by atoms with Crippen LogP contribution in [0.3, 0.4) is 0 Å². The number of nitrogens with two attached hydrogens (primary N) is 3. The first kappa shape index (κ1) is 10.0. The number of aromatic nitrogens is 2. The van der Waals surface area contributed by atoms with E-state index < -0.39 is 11.8 Å². The highest BCUT2D eigenvalue weighted by atomic mass is 16.1. The minimum atomic E-state index is -0.694. The SMILES string of the molecule is NC(=O)CCn1cc(N)c(C(N)=O)n1. The van der Waals surface area contributed by atoms with Gasteiger partial charge in [0.1, 0.15) is 0 Å². The van der Waals surface area contributed by atoms with Gasteiger partial charge in [-0.1, -0.05) is 0 Å². The Morgan fingerprint density at radius 3 is 2.50 bits per heavy atom. The molecule has 0 aliphatic heterocycles. The molecule has 0 aliphatic carbocycles. The number of anilines is 1. The first-order chi connectivity index (χ1) is 6.50. The van der Waals surface area contributed by atoms with Crippen LogP contribution in [0.2, 0.25) is 0 Å². The van der Waals surface area contributed by atoms with Crippen LogP contribution in [0.15, 0.2) is 6.20 Å². The van der Waals surface area contributed by atoms with Crippen LogP contribution in [0.1, 0.15) is 16.9 Å². The summed E-state index contributed by atoms with van der Waals surface area (Å²) in [5.74, 6) is -1.14. The number of hydrogen-bond donors (Lipinski definition) is 3. The topological polar surface area (TPSA) is 130 Å². The zero-order valence-electron chi connectivity index (χ0n) is 7.43. The molecule has 1 aromatic rings. The van der Waals surface area contributed by atoms with Gasteiger partial charge in [0.15, 0.2) is 5.69 Å². The molecule has 1 aromatic heterocycles. The van der Waals surface area contributed by atoms with Crippen LogP contribution in [0.4, 0.5) is 5.69 Å². The lowest BCUT2D eigenvalue weighted by atomic mass is 10.4. The molecule has 7 nitrogen and oxygen atoms in total. The van der Waals surface area contributed by atoms with Gasteiger partial charge in [0, 0.05) is 19.2 Å². The first-order valence-electron chi connectivity index (χ1n) is 3.91. The second-order valence-electron chi connectivity index (χ2n) is 2.78. The summed E-state index contributed by atoms with van der Waals surface area (Å²) in [4.78, 5) is 21.2. The normalized spacial score (nSPS) is 10.0. The molecule has 0 saturated heterocycles. The summed E-state index contributed by atoms with van der Waals surface area (Å²) in [6.07, 6.45) is 1.57. The molecule has 7 heteroatoms. The van der Waals surface area contributed by atoms with Crippen molar-refractivity contribution in [2.45, 2.75) is 13.0 Å². The summed E-state index contributed by atoms with van der Waals surface area (Å²) in [5.41, 5.74) is 15.6. The number of primary amides is 2. The molecule has 6 N–H and O–H groups in total. The van der Waals surface area contributed by atoms with Gasteiger partial charge in [-0.25, -0.2) is 0 Å². The van der Waals surface area contributed by atoms with Gasteiger partial charge in [0.2, 0.25) is 5.91 Å². The number of nitrogen functional groups attached to an aromatic ring is 1. The summed E-state index contributed by atoms with van der Waals surface area (Å²) in [6, 6.07) is 0. The standard InChI is InChI=1S/C7H11N5O2/c8-4-3-12(2-1-5(9)13)11-6(4)7(10)14/h3H,1-2,8H2,(H2,9,13)(H2,10,14). The third-order valence-corrected chi connectivity index (χ3v) is 1.61. The van der Waals surface area contributed by atoms with Crippen LogP contribution in [0.5, 0.6) is 0 Å². The van der Waals surface area contributed by atoms with Crippen molar-refractivity contribution in [2.75, 3.05) is 5.73 Å². The average Bonchev–Trinajstić information content (AvgIpc) is 2.43. The molecule has 0 unspecified atom stereocenters. The van der Waals surface area contributed by atoms with E-state index in [2.05, 4.69) is 5.10 Å². The Hall–Kier alpha value is -2.05. The van der Waals surface area contributed by atoms with Gasteiger partial charge >= 0.3 is 0 Å². The molecule has 0 bridgehead atoms. The van der Waals surface area contributed by atoms with Crippen molar-refractivity contribution in [2.24, 2.45) is 11.5 Å². The van der Waals surface area contributed by atoms with Gasteiger partial charge in [-0.15, -0.1) is 0 Å². The lowest BCUT2D eigenvalue weighted by Crippen LogP contribution is -2.16. The molecule has 14 heavy (non-hydrogen) atoms. The number of aryl methyl sites for hydroxylation is 1. The molecule has 0 aliphatic rings. The maximum Gasteiger partial charge on any atom is 0.271 e. The Labute approximate surface area is 79.8 Å². The maximum atomic E-state index is 10.7. The predicted molar refractivity (Wildman–Crippen MR) is 49.0 cm³/mol. The molecular weight excluding hydrogens is 186 g/mol. The van der Waals surface area contributed by atoms with E-state index in [9.17, 15) is 9.59 Å². The van der Waals surface area contributed by atoms with Crippen LogP contribution in [-0.2, 0) is 11.3 Å². The van der Waals surface area contributed by atoms with E-state index in [1.165, 1.54) is 10.9 Å². The molecule has 0 saturated carbocycles. The summed E-state index contributed by atoms with van der Waals surface area (Å²) in [7, 11) is 0. The molecule has 1 heterocycles. The molecule has 0 spiro atoms. The van der Waals surface area contributed by atoms with Gasteiger partial charge in [0.05, 0.1) is 5.69 Å². The van der Waals surface area contributed by atoms with Gasteiger partial charge in [0.25, 0.3) is 5.91 Å². The molecule has 76 valence electrons. The number of carbonyl (C=O) groups is 2. The van der Waals surface area contributed by atoms with Crippen LogP contribution in [0.25, 0.3) is 0 Å². The minimum absolute atomic E-state index is 0.00877. The molecule has 0 aromatic carbocycles. The molecule has 0 fully saturated rings. The molecular formula is C7H11N5O2. The zero-order chi connectivity index (χ0) is 10.7. The number of carbonyl (C=O) groups excluding carboxylic acids is 2. The van der Waals surface area contributed by atoms with Crippen molar-refractivity contribution in [3.63, 3.8) is 0 Å². The van der Waals surface area contributed by atoms with Crippen LogP contribution >= 0.6 is 0 Å². The summed E-state index contributed by atoms with van der Waals surface area (Å²) in [6.45, 7) is 0.285. The van der Waals surface area contributed by atoms with Gasteiger partial charge < -0.3 is 17.2 Å². The Bertz CT molecular complexity index is 370. The summed E-state index contributed by atoms with van der Waals surface area (Å²) < 4.78 is 1.36. The van der Waals surface area contributed by atoms with Crippen molar-refractivity contribution in [3.8, 4) is 0 Å². The van der Waals surface area contributed by atoms with Crippen molar-refractivity contribution in [3.05, 3.63) is 11.9 Å². The van der Waals surface area contributed by atoms with E-state index in [4.69, 9.17) is 17.2 Å². The Morgan fingerprint density at radius 2 is 2.07 bits per heavy atom. The number of hydrogen-bond acceptors (Lipinski definition) is 4. The van der Waals surface area contributed by atoms with Crippen LogP contribution in [-0.4, -0.2) is 21.6 Å². The fourth-order valence-electron chi connectivity index (χ4n) is 0.968. The highest BCUT2D eigenvalue weighted by Crippen LogP contribution is 2.07. The van der Waals surface area contributed by atoms with Crippen LogP contribution < -0.4 is 17.2 Å². The maximum absolute atomic E-state index is 10.7. The van der Waals surface area contributed by atoms with E-state index in [0.717, 1.165) is 0 Å². The van der Waals surface area contributed by atoms with Gasteiger partial charge in [-0.05, 0) is 0 Å². The third-order valence-electron chi connectivity index (χ3n) is 1.61. The minimum Gasteiger partial charge on any atom is -0.396 e. The fraction of sp³-hybridized carbons (Fsp3) is 0.286. The van der Waals surface area contributed by atoms with Gasteiger partial charge in [-0.2, -0.15) is 5.10 Å². The van der Waals surface area contributed by atoms with Crippen LogP contribution in [0, 0.1) is 0 Å². The first-order valence-corrected chi connectivity index (χ1v) is 3.91.